The third-order valence-electron chi connectivity index (χ3n) is 7.08. The predicted octanol–water partition coefficient (Wildman–Crippen LogP) is 5.67. The van der Waals surface area contributed by atoms with Gasteiger partial charge in [-0.05, 0) is 83.7 Å². The largest absolute Gasteiger partial charge is 0.422 e. The number of halogens is 2. The molecule has 1 fully saturated rings. The van der Waals surface area contributed by atoms with Crippen LogP contribution in [0, 0.1) is 23.2 Å². The van der Waals surface area contributed by atoms with E-state index in [0.29, 0.717) is 33.3 Å². The van der Waals surface area contributed by atoms with Gasteiger partial charge in [-0.3, -0.25) is 9.59 Å². The Bertz CT molecular complexity index is 1700. The van der Waals surface area contributed by atoms with E-state index in [9.17, 15) is 18.8 Å². The van der Waals surface area contributed by atoms with Gasteiger partial charge in [0.2, 0.25) is 0 Å². The quantitative estimate of drug-likeness (QED) is 0.236. The number of hydrogen-bond donors (Lipinski definition) is 0. The zero-order valence-electron chi connectivity index (χ0n) is 21.4. The van der Waals surface area contributed by atoms with Crippen LogP contribution < -0.4 is 11.2 Å². The van der Waals surface area contributed by atoms with Gasteiger partial charge in [0.25, 0.3) is 5.56 Å². The van der Waals surface area contributed by atoms with E-state index in [1.54, 1.807) is 23.6 Å². The number of Topliss-reactive ketones (excluding diaryl/α,β-unsaturated/α-hetero) is 1. The minimum Gasteiger partial charge on any atom is -0.422 e. The van der Waals surface area contributed by atoms with E-state index in [-0.39, 0.29) is 48.2 Å². The Morgan fingerprint density at radius 2 is 1.92 bits per heavy atom. The molecular formula is C30H27FINO5. The third kappa shape index (κ3) is 4.99. The summed E-state index contributed by atoms with van der Waals surface area (Å²) in [6.07, 6.45) is 2.05. The Balaban J connectivity index is 1.79. The Labute approximate surface area is 232 Å². The highest BCUT2D eigenvalue weighted by molar-refractivity contribution is 14.1. The highest BCUT2D eigenvalue weighted by Crippen LogP contribution is 2.40. The molecule has 0 bridgehead atoms. The van der Waals surface area contributed by atoms with Gasteiger partial charge in [-0.25, -0.2) is 9.18 Å². The number of ketones is 1. The first kappa shape index (κ1) is 26.5. The topological polar surface area (TPSA) is 78.5 Å². The van der Waals surface area contributed by atoms with Gasteiger partial charge in [0.15, 0.2) is 11.4 Å². The van der Waals surface area contributed by atoms with Crippen molar-refractivity contribution in [1.82, 2.24) is 4.57 Å². The molecule has 0 atom stereocenters. The van der Waals surface area contributed by atoms with Crippen LogP contribution in [0.4, 0.5) is 4.39 Å². The summed E-state index contributed by atoms with van der Waals surface area (Å²) in [7, 11) is 1.48. The zero-order valence-corrected chi connectivity index (χ0v) is 23.6. The molecule has 0 radical (unpaired) electrons. The first-order chi connectivity index (χ1) is 18.2. The van der Waals surface area contributed by atoms with Gasteiger partial charge in [-0.15, -0.1) is 0 Å². The molecule has 0 aliphatic heterocycles. The average Bonchev–Trinajstić information content (AvgIpc) is 3.69. The highest BCUT2D eigenvalue weighted by atomic mass is 127. The lowest BCUT2D eigenvalue weighted by Gasteiger charge is -2.19. The molecular weight excluding hydrogens is 600 g/mol. The summed E-state index contributed by atoms with van der Waals surface area (Å²) in [6.45, 7) is 3.49. The Kier molecular flexibility index (Phi) is 7.37. The van der Waals surface area contributed by atoms with Crippen molar-refractivity contribution < 1.29 is 18.3 Å². The van der Waals surface area contributed by atoms with Crippen molar-refractivity contribution in [3.63, 3.8) is 0 Å². The van der Waals surface area contributed by atoms with Gasteiger partial charge >= 0.3 is 5.63 Å². The van der Waals surface area contributed by atoms with Crippen molar-refractivity contribution in [2.45, 2.75) is 45.6 Å². The SMILES string of the molecule is COCC(=O)Cc1cccc(-c2c(C)n(C3CC3)c(=O)c3c(Cc4ccc(I)cc4F)c(C)c(=O)oc23)c1. The van der Waals surface area contributed by atoms with Crippen LogP contribution in [-0.4, -0.2) is 24.1 Å². The molecule has 0 saturated heterocycles. The Morgan fingerprint density at radius 3 is 2.61 bits per heavy atom. The molecule has 4 aromatic rings. The van der Waals surface area contributed by atoms with E-state index in [1.807, 2.05) is 53.8 Å². The van der Waals surface area contributed by atoms with E-state index in [2.05, 4.69) is 0 Å². The number of ether oxygens (including phenoxy) is 1. The van der Waals surface area contributed by atoms with Crippen molar-refractivity contribution in [2.24, 2.45) is 0 Å². The summed E-state index contributed by atoms with van der Waals surface area (Å²) in [5.74, 6) is -0.445. The minimum atomic E-state index is -0.561. The van der Waals surface area contributed by atoms with E-state index in [4.69, 9.17) is 9.15 Å². The second-order valence-electron chi connectivity index (χ2n) is 9.83. The summed E-state index contributed by atoms with van der Waals surface area (Å²) < 4.78 is 28.2. The van der Waals surface area contributed by atoms with Gasteiger partial charge in [0.05, 0.1) is 5.39 Å². The standard InChI is InChI=1S/C30H27FINO5/c1-16-24(13-19-7-8-21(32)14-25(19)31)27-28(38-30(16)36)26(17(2)33(29(27)35)22-9-10-22)20-6-4-5-18(11-20)12-23(34)15-37-3/h4-8,11,14,22H,9-10,12-13,15H2,1-3H3. The fourth-order valence-corrected chi connectivity index (χ4v) is 5.55. The molecule has 1 aliphatic carbocycles. The van der Waals surface area contributed by atoms with E-state index in [0.717, 1.165) is 27.5 Å². The van der Waals surface area contributed by atoms with Crippen molar-refractivity contribution in [3.8, 4) is 11.1 Å². The number of pyridine rings is 1. The van der Waals surface area contributed by atoms with Crippen LogP contribution in [0.3, 0.4) is 0 Å². The maximum absolute atomic E-state index is 14.9. The summed E-state index contributed by atoms with van der Waals surface area (Å²) in [6, 6.07) is 12.5. The molecule has 0 N–H and O–H groups in total. The molecule has 0 amide bonds. The van der Waals surface area contributed by atoms with E-state index in [1.165, 1.54) is 13.2 Å². The number of aromatic nitrogens is 1. The molecule has 0 unspecified atom stereocenters. The first-order valence-electron chi connectivity index (χ1n) is 12.4. The Morgan fingerprint density at radius 1 is 1.16 bits per heavy atom. The van der Waals surface area contributed by atoms with Crippen molar-refractivity contribution in [2.75, 3.05) is 13.7 Å². The lowest BCUT2D eigenvalue weighted by Crippen LogP contribution is -2.25. The highest BCUT2D eigenvalue weighted by Gasteiger charge is 2.31. The zero-order chi connectivity index (χ0) is 27.1. The van der Waals surface area contributed by atoms with Crippen molar-refractivity contribution >= 4 is 39.3 Å². The smallest absolute Gasteiger partial charge is 0.339 e. The average molecular weight is 627 g/mol. The van der Waals surface area contributed by atoms with Crippen LogP contribution in [0.1, 0.15) is 46.8 Å². The van der Waals surface area contributed by atoms with Crippen LogP contribution in [0.5, 0.6) is 0 Å². The van der Waals surface area contributed by atoms with Crippen LogP contribution >= 0.6 is 22.6 Å². The van der Waals surface area contributed by atoms with Gasteiger partial charge in [0, 0.05) is 46.4 Å². The molecule has 1 saturated carbocycles. The number of benzene rings is 2. The van der Waals surface area contributed by atoms with Crippen LogP contribution in [0.25, 0.3) is 22.1 Å². The molecule has 2 aromatic heterocycles. The number of carbonyl (C=O) groups is 1. The Hall–Kier alpha value is -3.11. The molecule has 2 aromatic carbocycles. The predicted molar refractivity (Wildman–Crippen MR) is 152 cm³/mol. The maximum Gasteiger partial charge on any atom is 0.339 e. The van der Waals surface area contributed by atoms with Gasteiger partial charge in [-0.1, -0.05) is 30.3 Å². The van der Waals surface area contributed by atoms with E-state index >= 15 is 0 Å². The van der Waals surface area contributed by atoms with E-state index < -0.39 is 5.63 Å². The lowest BCUT2D eigenvalue weighted by molar-refractivity contribution is -0.121. The molecule has 5 rings (SSSR count). The van der Waals surface area contributed by atoms with Gasteiger partial charge in [-0.2, -0.15) is 0 Å². The van der Waals surface area contributed by atoms with Crippen LogP contribution in [-0.2, 0) is 22.4 Å². The molecule has 6 nitrogen and oxygen atoms in total. The van der Waals surface area contributed by atoms with Crippen LogP contribution in [0.2, 0.25) is 0 Å². The number of methoxy groups -OCH3 is 1. The number of hydrogen-bond acceptors (Lipinski definition) is 5. The molecule has 38 heavy (non-hydrogen) atoms. The summed E-state index contributed by atoms with van der Waals surface area (Å²) in [4.78, 5) is 39.3. The van der Waals surface area contributed by atoms with Gasteiger partial charge < -0.3 is 13.7 Å². The number of fused-ring (bicyclic) bond motifs is 1. The maximum atomic E-state index is 14.9. The summed E-state index contributed by atoms with van der Waals surface area (Å²) in [5.41, 5.74) is 3.43. The monoisotopic (exact) mass is 627 g/mol. The molecule has 2 heterocycles. The van der Waals surface area contributed by atoms with Crippen LogP contribution in [0.15, 0.2) is 56.5 Å². The summed E-state index contributed by atoms with van der Waals surface area (Å²) in [5, 5.41) is 0.299. The van der Waals surface area contributed by atoms with Gasteiger partial charge in [0.1, 0.15) is 12.4 Å². The first-order valence-corrected chi connectivity index (χ1v) is 13.5. The normalized spacial score (nSPS) is 13.3. The minimum absolute atomic E-state index is 0.0192. The molecule has 1 aliphatic rings. The number of nitrogens with zero attached hydrogens (tertiary/aromatic N) is 1. The molecule has 0 spiro atoms. The number of rotatable bonds is 8. The summed E-state index contributed by atoms with van der Waals surface area (Å²) >= 11 is 2.05. The second kappa shape index (κ2) is 10.6. The fourth-order valence-electron chi connectivity index (χ4n) is 5.09. The lowest BCUT2D eigenvalue weighted by atomic mass is 9.93. The molecule has 8 heteroatoms. The van der Waals surface area contributed by atoms with Crippen molar-refractivity contribution in [3.05, 3.63) is 101 Å². The number of carbonyl (C=O) groups excluding carboxylic acids is 1. The second-order valence-corrected chi connectivity index (χ2v) is 11.1. The fraction of sp³-hybridized carbons (Fsp3) is 0.300. The van der Waals surface area contributed by atoms with Crippen molar-refractivity contribution in [1.29, 1.82) is 0 Å². The molecule has 196 valence electrons. The third-order valence-corrected chi connectivity index (χ3v) is 7.75.